The molecule has 4 unspecified atom stereocenters. The minimum Gasteiger partial charge on any atom is -0.479 e. The summed E-state index contributed by atoms with van der Waals surface area (Å²) in [5.74, 6) is -2.17. The van der Waals surface area contributed by atoms with Crippen molar-refractivity contribution in [1.82, 2.24) is 5.32 Å². The number of rotatable bonds is 9. The van der Waals surface area contributed by atoms with E-state index in [1.54, 1.807) is 0 Å². The number of aliphatic hydroxyl groups excluding tert-OH is 5. The molecule has 0 radical (unpaired) electrons. The second-order valence-electron chi connectivity index (χ2n) is 8.55. The second kappa shape index (κ2) is 11.3. The highest BCUT2D eigenvalue weighted by atomic mass is 16.7. The normalized spacial score (nSPS) is 39.8. The van der Waals surface area contributed by atoms with Gasteiger partial charge in [0.05, 0.1) is 12.2 Å². The first-order valence-corrected chi connectivity index (χ1v) is 10.9. The van der Waals surface area contributed by atoms with Crippen molar-refractivity contribution in [2.75, 3.05) is 6.61 Å². The number of nitrogens with one attached hydrogen (secondary N) is 1. The monoisotopic (exact) mass is 481 g/mol. The van der Waals surface area contributed by atoms with Crippen LogP contribution in [0.2, 0.25) is 0 Å². The minimum absolute atomic E-state index is 0.572. The Labute approximate surface area is 191 Å². The van der Waals surface area contributed by atoms with Crippen LogP contribution in [0, 0.1) is 0 Å². The van der Waals surface area contributed by atoms with Crippen molar-refractivity contribution in [3.05, 3.63) is 0 Å². The Morgan fingerprint density at radius 1 is 1.00 bits per heavy atom. The zero-order valence-electron chi connectivity index (χ0n) is 19.0. The van der Waals surface area contributed by atoms with Crippen LogP contribution in [0.3, 0.4) is 0 Å². The summed E-state index contributed by atoms with van der Waals surface area (Å²) in [5.41, 5.74) is -0.668. The van der Waals surface area contributed by atoms with Gasteiger partial charge >= 0.3 is 5.97 Å². The number of carbonyl (C=O) groups is 2. The molecule has 2 heterocycles. The first kappa shape index (κ1) is 27.8. The Bertz CT molecular complexity index is 673. The minimum atomic E-state index is -1.98. The summed E-state index contributed by atoms with van der Waals surface area (Å²) in [6.07, 6.45) is -13.5. The van der Waals surface area contributed by atoms with E-state index < -0.39 is 85.4 Å². The second-order valence-corrected chi connectivity index (χ2v) is 8.55. The predicted octanol–water partition coefficient (Wildman–Crippen LogP) is -2.56. The third kappa shape index (κ3) is 6.18. The molecule has 10 atom stereocenters. The van der Waals surface area contributed by atoms with Gasteiger partial charge in [0.1, 0.15) is 42.7 Å². The molecule has 2 fully saturated rings. The van der Waals surface area contributed by atoms with E-state index >= 15 is 0 Å². The molecule has 0 aliphatic carbocycles. The van der Waals surface area contributed by atoms with Crippen LogP contribution in [-0.2, 0) is 28.5 Å². The Morgan fingerprint density at radius 2 is 1.61 bits per heavy atom. The van der Waals surface area contributed by atoms with Gasteiger partial charge in [-0.25, -0.2) is 4.79 Å². The molecule has 0 aromatic heterocycles. The third-order valence-corrected chi connectivity index (χ3v) is 6.24. The summed E-state index contributed by atoms with van der Waals surface area (Å²) in [5, 5.41) is 62.7. The fourth-order valence-electron chi connectivity index (χ4n) is 3.82. The van der Waals surface area contributed by atoms with Crippen molar-refractivity contribution in [3.63, 3.8) is 0 Å². The highest BCUT2D eigenvalue weighted by Crippen LogP contribution is 2.33. The fraction of sp³-hybridized carbons (Fsp3) is 0.900. The van der Waals surface area contributed by atoms with Crippen LogP contribution >= 0.6 is 0 Å². The van der Waals surface area contributed by atoms with Gasteiger partial charge in [-0.15, -0.1) is 0 Å². The standard InChI is InChI=1S/C20H35NO12/c1-5-20(4,6-2)33-14-9(7-22)30-19(10(11(14)24)21-8(3)23)32-15-12(25)13(26)18(29)31-16(15)17(27)28/h9-16,18-19,22,24-26,29H,5-7H2,1-4H3,(H,21,23)(H,27,28)/t9-,10?,11-,12-,13-,14?,15?,16+,18+,19?/m1/s1. The number of ether oxygens (including phenoxy) is 4. The summed E-state index contributed by atoms with van der Waals surface area (Å²) < 4.78 is 22.2. The summed E-state index contributed by atoms with van der Waals surface area (Å²) in [4.78, 5) is 23.4. The number of carbonyl (C=O) groups excluding carboxylic acids is 1. The maximum absolute atomic E-state index is 11.8. The number of amides is 1. The molecule has 13 nitrogen and oxygen atoms in total. The summed E-state index contributed by atoms with van der Waals surface area (Å²) in [6, 6.07) is -1.29. The van der Waals surface area contributed by atoms with Crippen LogP contribution in [0.15, 0.2) is 0 Å². The van der Waals surface area contributed by atoms with Crippen molar-refractivity contribution in [2.45, 2.75) is 107 Å². The lowest BCUT2D eigenvalue weighted by molar-refractivity contribution is -0.342. The van der Waals surface area contributed by atoms with Gasteiger partial charge in [-0.3, -0.25) is 4.79 Å². The smallest absolute Gasteiger partial charge is 0.335 e. The SMILES string of the molecule is CCC(C)(CC)OC1[C@H](O)C(NC(C)=O)C(OC2[C@@H](C(=O)O)O[C@H](O)[C@H](O)[C@H]2O)O[C@@H]1CO. The maximum atomic E-state index is 11.8. The molecule has 2 rings (SSSR count). The molecule has 0 bridgehead atoms. The van der Waals surface area contributed by atoms with Gasteiger partial charge < -0.3 is 54.9 Å². The summed E-state index contributed by atoms with van der Waals surface area (Å²) in [6.45, 7) is 6.18. The summed E-state index contributed by atoms with van der Waals surface area (Å²) in [7, 11) is 0. The molecular formula is C20H35NO12. The first-order valence-electron chi connectivity index (χ1n) is 10.9. The lowest BCUT2D eigenvalue weighted by Gasteiger charge is -2.48. The van der Waals surface area contributed by atoms with Gasteiger partial charge in [-0.1, -0.05) is 13.8 Å². The van der Waals surface area contributed by atoms with Crippen molar-refractivity contribution in [2.24, 2.45) is 0 Å². The molecule has 2 aliphatic rings. The molecule has 0 aromatic carbocycles. The molecule has 0 aromatic rings. The van der Waals surface area contributed by atoms with Gasteiger partial charge in [-0.05, 0) is 19.8 Å². The van der Waals surface area contributed by atoms with Crippen LogP contribution in [0.25, 0.3) is 0 Å². The highest BCUT2D eigenvalue weighted by Gasteiger charge is 2.53. The zero-order chi connectivity index (χ0) is 25.1. The van der Waals surface area contributed by atoms with Gasteiger partial charge in [-0.2, -0.15) is 0 Å². The third-order valence-electron chi connectivity index (χ3n) is 6.24. The molecule has 33 heavy (non-hydrogen) atoms. The number of carboxylic acid groups (broad SMARTS) is 1. The van der Waals surface area contributed by atoms with E-state index in [4.69, 9.17) is 18.9 Å². The average Bonchev–Trinajstić information content (AvgIpc) is 2.77. The van der Waals surface area contributed by atoms with Crippen LogP contribution in [0.1, 0.15) is 40.5 Å². The van der Waals surface area contributed by atoms with Gasteiger partial charge in [0.15, 0.2) is 18.7 Å². The van der Waals surface area contributed by atoms with E-state index in [9.17, 15) is 40.2 Å². The average molecular weight is 481 g/mol. The Morgan fingerprint density at radius 3 is 2.09 bits per heavy atom. The Kier molecular flexibility index (Phi) is 9.56. The van der Waals surface area contributed by atoms with Crippen LogP contribution < -0.4 is 5.32 Å². The van der Waals surface area contributed by atoms with Crippen LogP contribution in [0.5, 0.6) is 0 Å². The van der Waals surface area contributed by atoms with Crippen molar-refractivity contribution in [1.29, 1.82) is 0 Å². The largest absolute Gasteiger partial charge is 0.479 e. The van der Waals surface area contributed by atoms with Crippen molar-refractivity contribution < 1.29 is 59.2 Å². The highest BCUT2D eigenvalue weighted by molar-refractivity contribution is 5.74. The lowest BCUT2D eigenvalue weighted by Crippen LogP contribution is -2.68. The number of hydrogen-bond acceptors (Lipinski definition) is 11. The molecule has 7 N–H and O–H groups in total. The van der Waals surface area contributed by atoms with E-state index in [0.29, 0.717) is 12.8 Å². The molecule has 0 spiro atoms. The van der Waals surface area contributed by atoms with Crippen LogP contribution in [-0.4, -0.2) is 116 Å². The maximum Gasteiger partial charge on any atom is 0.335 e. The lowest BCUT2D eigenvalue weighted by atomic mass is 9.93. The number of hydrogen-bond donors (Lipinski definition) is 7. The molecular weight excluding hydrogens is 446 g/mol. The van der Waals surface area contributed by atoms with Gasteiger partial charge in [0.25, 0.3) is 0 Å². The van der Waals surface area contributed by atoms with Gasteiger partial charge in [0.2, 0.25) is 5.91 Å². The predicted molar refractivity (Wildman–Crippen MR) is 109 cm³/mol. The molecule has 2 aliphatic heterocycles. The Balaban J connectivity index is 2.35. The number of aliphatic carboxylic acids is 1. The molecule has 13 heteroatoms. The number of aliphatic hydroxyl groups is 5. The Hall–Kier alpha value is -1.42. The van der Waals surface area contributed by atoms with E-state index in [1.807, 2.05) is 20.8 Å². The molecule has 0 saturated carbocycles. The van der Waals surface area contributed by atoms with Crippen molar-refractivity contribution in [3.8, 4) is 0 Å². The molecule has 1 amide bonds. The van der Waals surface area contributed by atoms with E-state index in [0.717, 1.165) is 0 Å². The van der Waals surface area contributed by atoms with E-state index in [2.05, 4.69) is 5.32 Å². The van der Waals surface area contributed by atoms with Crippen molar-refractivity contribution >= 4 is 11.9 Å². The van der Waals surface area contributed by atoms with E-state index in [-0.39, 0.29) is 0 Å². The number of carboxylic acids is 1. The zero-order valence-corrected chi connectivity index (χ0v) is 19.0. The fourth-order valence-corrected chi connectivity index (χ4v) is 3.82. The quantitative estimate of drug-likeness (QED) is 0.182. The topological polar surface area (TPSA) is 204 Å². The van der Waals surface area contributed by atoms with Gasteiger partial charge in [0, 0.05) is 6.92 Å². The first-order chi connectivity index (χ1) is 15.4. The van der Waals surface area contributed by atoms with Crippen LogP contribution in [0.4, 0.5) is 0 Å². The molecule has 192 valence electrons. The van der Waals surface area contributed by atoms with E-state index in [1.165, 1.54) is 6.92 Å². The molecule has 2 saturated heterocycles. The summed E-state index contributed by atoms with van der Waals surface area (Å²) >= 11 is 0.